The summed E-state index contributed by atoms with van der Waals surface area (Å²) < 4.78 is 56.7. The molecule has 0 bridgehead atoms. The van der Waals surface area contributed by atoms with Crippen molar-refractivity contribution in [3.05, 3.63) is 100 Å². The zero-order valence-corrected chi connectivity index (χ0v) is 28.5. The molecule has 1 aliphatic heterocycles. The largest absolute Gasteiger partial charge is 0.392 e. The van der Waals surface area contributed by atoms with Gasteiger partial charge in [-0.15, -0.1) is 0 Å². The first-order valence-corrected chi connectivity index (χ1v) is 17.9. The van der Waals surface area contributed by atoms with Gasteiger partial charge in [-0.2, -0.15) is 9.57 Å². The Labute approximate surface area is 282 Å². The smallest absolute Gasteiger partial charge is 0.253 e. The molecule has 0 aliphatic carbocycles. The molecule has 1 N–H and O–H groups in total. The average molecular weight is 680 g/mol. The number of halogens is 2. The second kappa shape index (κ2) is 16.4. The molecule has 1 heterocycles. The molecule has 48 heavy (non-hydrogen) atoms. The molecule has 3 aromatic rings. The van der Waals surface area contributed by atoms with Gasteiger partial charge < -0.3 is 10.0 Å². The summed E-state index contributed by atoms with van der Waals surface area (Å²) in [6.07, 6.45) is 1.11. The van der Waals surface area contributed by atoms with E-state index in [9.17, 15) is 31.9 Å². The predicted octanol–water partition coefficient (Wildman–Crippen LogP) is 6.30. The molecule has 0 saturated carbocycles. The van der Waals surface area contributed by atoms with Gasteiger partial charge in [-0.1, -0.05) is 13.8 Å². The number of rotatable bonds is 14. The minimum absolute atomic E-state index is 0.0144. The number of ketones is 1. The predicted molar refractivity (Wildman–Crippen MR) is 179 cm³/mol. The quantitative estimate of drug-likeness (QED) is 0.200. The second-order valence-corrected chi connectivity index (χ2v) is 14.6. The third-order valence-electron chi connectivity index (χ3n) is 8.80. The molecule has 1 saturated heterocycles. The highest BCUT2D eigenvalue weighted by Crippen LogP contribution is 2.32. The van der Waals surface area contributed by atoms with Crippen LogP contribution in [0, 0.1) is 41.7 Å². The van der Waals surface area contributed by atoms with Crippen molar-refractivity contribution >= 4 is 21.7 Å². The van der Waals surface area contributed by atoms with Crippen LogP contribution in [-0.2, 0) is 16.4 Å². The topological polar surface area (TPSA) is 119 Å². The van der Waals surface area contributed by atoms with Gasteiger partial charge in [0.15, 0.2) is 5.78 Å². The summed E-state index contributed by atoms with van der Waals surface area (Å²) in [6.45, 7) is 7.17. The fourth-order valence-electron chi connectivity index (χ4n) is 6.51. The maximum absolute atomic E-state index is 14.2. The Morgan fingerprint density at radius 1 is 1.00 bits per heavy atom. The highest BCUT2D eigenvalue weighted by Gasteiger charge is 2.37. The molecule has 0 unspecified atom stereocenters. The Morgan fingerprint density at radius 3 is 2.23 bits per heavy atom. The maximum Gasteiger partial charge on any atom is 0.253 e. The Balaban J connectivity index is 1.61. The molecule has 8 nitrogen and oxygen atoms in total. The van der Waals surface area contributed by atoms with Crippen LogP contribution in [-0.4, -0.2) is 66.7 Å². The molecule has 3 aromatic carbocycles. The summed E-state index contributed by atoms with van der Waals surface area (Å²) >= 11 is 0. The van der Waals surface area contributed by atoms with Gasteiger partial charge in [-0.25, -0.2) is 17.2 Å². The normalized spacial score (nSPS) is 16.6. The number of Topliss-reactive ketones (excluding diaryl/α,β-unsaturated/α-hetero) is 1. The average Bonchev–Trinajstić information content (AvgIpc) is 3.06. The third-order valence-corrected chi connectivity index (χ3v) is 10.7. The Kier molecular flexibility index (Phi) is 12.6. The van der Waals surface area contributed by atoms with Gasteiger partial charge in [-0.05, 0) is 117 Å². The van der Waals surface area contributed by atoms with Gasteiger partial charge in [0, 0.05) is 49.8 Å². The molecule has 0 spiro atoms. The number of hydrogen-bond donors (Lipinski definition) is 1. The van der Waals surface area contributed by atoms with Crippen molar-refractivity contribution in [1.29, 1.82) is 5.26 Å². The van der Waals surface area contributed by atoms with E-state index in [4.69, 9.17) is 5.26 Å². The summed E-state index contributed by atoms with van der Waals surface area (Å²) in [5.74, 6) is -3.45. The van der Waals surface area contributed by atoms with Crippen LogP contribution >= 0.6 is 0 Å². The molecule has 256 valence electrons. The summed E-state index contributed by atoms with van der Waals surface area (Å²) in [7, 11) is -3.94. The Bertz CT molecular complexity index is 1730. The fraction of sp³-hybridized carbons (Fsp3) is 0.432. The van der Waals surface area contributed by atoms with Gasteiger partial charge >= 0.3 is 0 Å². The van der Waals surface area contributed by atoms with Crippen LogP contribution in [0.5, 0.6) is 0 Å². The zero-order valence-electron chi connectivity index (χ0n) is 27.7. The minimum Gasteiger partial charge on any atom is -0.392 e. The van der Waals surface area contributed by atoms with E-state index in [-0.39, 0.29) is 48.1 Å². The lowest BCUT2D eigenvalue weighted by molar-refractivity contribution is 0.0231. The van der Waals surface area contributed by atoms with E-state index >= 15 is 0 Å². The standard InChI is InChI=1S/C37H43F2N3O5S/c1-4-12-41(13-5-2)37(45)31-16-25(3)15-29(20-31)35(43)21-30(17-27-18-32(38)22-33(39)19-27)36(44)28-7-6-14-42(24-28)48(46,47)34-10-8-26(23-40)9-11-34/h8-11,15-16,18-20,22,28,30,36,44H,4-7,12-14,17,21,24H2,1-3H3/t28-,30-,36-/m1/s1. The number of aryl methyl sites for hydroxylation is 1. The summed E-state index contributed by atoms with van der Waals surface area (Å²) in [6, 6.07) is 15.6. The molecule has 11 heteroatoms. The van der Waals surface area contributed by atoms with Crippen LogP contribution in [0.25, 0.3) is 0 Å². The van der Waals surface area contributed by atoms with E-state index in [1.807, 2.05) is 19.9 Å². The number of aliphatic hydroxyl groups is 1. The van der Waals surface area contributed by atoms with Gasteiger partial charge in [0.1, 0.15) is 11.6 Å². The number of piperidine rings is 1. The highest BCUT2D eigenvalue weighted by molar-refractivity contribution is 7.89. The Hall–Kier alpha value is -3.98. The van der Waals surface area contributed by atoms with Crippen LogP contribution in [0.4, 0.5) is 8.78 Å². The van der Waals surface area contributed by atoms with Crippen LogP contribution in [0.3, 0.4) is 0 Å². The first-order valence-electron chi connectivity index (χ1n) is 16.4. The van der Waals surface area contributed by atoms with E-state index in [1.54, 1.807) is 30.0 Å². The summed E-state index contributed by atoms with van der Waals surface area (Å²) in [5, 5.41) is 20.9. The molecule has 0 radical (unpaired) electrons. The van der Waals surface area contributed by atoms with Crippen LogP contribution in [0.15, 0.2) is 65.6 Å². The number of nitriles is 1. The monoisotopic (exact) mass is 679 g/mol. The number of benzene rings is 3. The lowest BCUT2D eigenvalue weighted by Crippen LogP contribution is -2.46. The SMILES string of the molecule is CCCN(CCC)C(=O)c1cc(C)cc(C(=O)C[C@@H](Cc2cc(F)cc(F)c2)[C@H](O)[C@@H]2CCCN(S(=O)(=O)c3ccc(C#N)cc3)C2)c1. The van der Waals surface area contributed by atoms with Crippen molar-refractivity contribution in [2.45, 2.75) is 70.3 Å². The molecule has 1 aliphatic rings. The third kappa shape index (κ3) is 9.13. The fourth-order valence-corrected chi connectivity index (χ4v) is 8.05. The van der Waals surface area contributed by atoms with E-state index in [2.05, 4.69) is 0 Å². The van der Waals surface area contributed by atoms with Gasteiger partial charge in [0.2, 0.25) is 10.0 Å². The molecular weight excluding hydrogens is 636 g/mol. The van der Waals surface area contributed by atoms with Crippen LogP contribution in [0.1, 0.15) is 83.4 Å². The lowest BCUT2D eigenvalue weighted by Gasteiger charge is -2.37. The molecule has 3 atom stereocenters. The number of aliphatic hydroxyl groups excluding tert-OH is 1. The zero-order chi connectivity index (χ0) is 35.0. The van der Waals surface area contributed by atoms with E-state index in [1.165, 1.54) is 28.6 Å². The number of hydrogen-bond acceptors (Lipinski definition) is 6. The first-order chi connectivity index (χ1) is 22.9. The highest BCUT2D eigenvalue weighted by atomic mass is 32.2. The van der Waals surface area contributed by atoms with Crippen LogP contribution < -0.4 is 0 Å². The number of carbonyl (C=O) groups is 2. The lowest BCUT2D eigenvalue weighted by atomic mass is 9.79. The van der Waals surface area contributed by atoms with Crippen molar-refractivity contribution < 1.29 is 31.9 Å². The molecule has 1 amide bonds. The molecule has 4 rings (SSSR count). The van der Waals surface area contributed by atoms with Crippen LogP contribution in [0.2, 0.25) is 0 Å². The van der Waals surface area contributed by atoms with E-state index in [0.29, 0.717) is 42.6 Å². The number of amides is 1. The first kappa shape index (κ1) is 36.8. The summed E-state index contributed by atoms with van der Waals surface area (Å²) in [4.78, 5) is 29.0. The van der Waals surface area contributed by atoms with Crippen molar-refractivity contribution in [2.75, 3.05) is 26.2 Å². The maximum atomic E-state index is 14.2. The van der Waals surface area contributed by atoms with Gasteiger partial charge in [-0.3, -0.25) is 9.59 Å². The molecule has 0 aromatic heterocycles. The second-order valence-electron chi connectivity index (χ2n) is 12.6. The van der Waals surface area contributed by atoms with E-state index in [0.717, 1.165) is 36.6 Å². The number of nitrogens with zero attached hydrogens (tertiary/aromatic N) is 3. The van der Waals surface area contributed by atoms with Crippen molar-refractivity contribution in [2.24, 2.45) is 11.8 Å². The molecule has 1 fully saturated rings. The van der Waals surface area contributed by atoms with Crippen molar-refractivity contribution in [3.63, 3.8) is 0 Å². The van der Waals surface area contributed by atoms with Crippen molar-refractivity contribution in [3.8, 4) is 6.07 Å². The summed E-state index contributed by atoms with van der Waals surface area (Å²) in [5.41, 5.74) is 1.99. The minimum atomic E-state index is -3.94. The van der Waals surface area contributed by atoms with Crippen molar-refractivity contribution in [1.82, 2.24) is 9.21 Å². The number of carbonyl (C=O) groups excluding carboxylic acids is 2. The van der Waals surface area contributed by atoms with E-state index < -0.39 is 39.6 Å². The number of sulfonamides is 1. The Morgan fingerprint density at radius 2 is 1.62 bits per heavy atom. The molecular formula is C37H43F2N3O5S. The van der Waals surface area contributed by atoms with Gasteiger partial charge in [0.05, 0.1) is 22.6 Å². The van der Waals surface area contributed by atoms with Gasteiger partial charge in [0.25, 0.3) is 5.91 Å².